The minimum Gasteiger partial charge on any atom is -0.467 e. The highest BCUT2D eigenvalue weighted by atomic mass is 16.5. The lowest BCUT2D eigenvalue weighted by molar-refractivity contribution is -0.140. The van der Waals surface area contributed by atoms with Crippen LogP contribution in [0.4, 0.5) is 0 Å². The zero-order valence-corrected chi connectivity index (χ0v) is 18.0. The van der Waals surface area contributed by atoms with Crippen molar-refractivity contribution in [1.29, 1.82) is 0 Å². The molecule has 32 heavy (non-hydrogen) atoms. The molecule has 1 saturated heterocycles. The topological polar surface area (TPSA) is 71.8 Å². The van der Waals surface area contributed by atoms with Gasteiger partial charge in [-0.3, -0.25) is 9.59 Å². The summed E-state index contributed by atoms with van der Waals surface area (Å²) < 4.78 is 11.4. The fraction of sp³-hybridized carbons (Fsp3) is 0.308. The monoisotopic (exact) mass is 432 g/mol. The molecule has 0 radical (unpaired) electrons. The molecule has 1 fully saturated rings. The van der Waals surface area contributed by atoms with Gasteiger partial charge in [-0.2, -0.15) is 0 Å². The van der Waals surface area contributed by atoms with Crippen molar-refractivity contribution in [2.45, 2.75) is 25.5 Å². The number of hydrogen-bond acceptors (Lipinski definition) is 4. The summed E-state index contributed by atoms with van der Waals surface area (Å²) in [5.41, 5.74) is 2.02. The van der Waals surface area contributed by atoms with Crippen LogP contribution in [0.15, 0.2) is 83.5 Å². The number of ether oxygens (including phenoxy) is 1. The van der Waals surface area contributed by atoms with Crippen molar-refractivity contribution in [3.8, 4) is 0 Å². The second-order valence-corrected chi connectivity index (χ2v) is 7.96. The van der Waals surface area contributed by atoms with Gasteiger partial charge in [0.1, 0.15) is 18.5 Å². The number of piperidine rings is 1. The maximum Gasteiger partial charge on any atom is 0.248 e. The summed E-state index contributed by atoms with van der Waals surface area (Å²) in [6.45, 7) is 1.51. The number of furan rings is 1. The van der Waals surface area contributed by atoms with E-state index in [9.17, 15) is 9.59 Å². The van der Waals surface area contributed by atoms with Crippen LogP contribution in [-0.2, 0) is 20.9 Å². The smallest absolute Gasteiger partial charge is 0.248 e. The molecule has 6 heteroatoms. The Bertz CT molecular complexity index is 942. The Morgan fingerprint density at radius 2 is 1.56 bits per heavy atom. The molecule has 0 unspecified atom stereocenters. The zero-order chi connectivity index (χ0) is 22.2. The Morgan fingerprint density at radius 1 is 0.938 bits per heavy atom. The summed E-state index contributed by atoms with van der Waals surface area (Å²) in [6, 6.07) is 23.5. The van der Waals surface area contributed by atoms with E-state index in [2.05, 4.69) is 5.32 Å². The van der Waals surface area contributed by atoms with Gasteiger partial charge in [0.15, 0.2) is 0 Å². The number of rotatable bonds is 8. The van der Waals surface area contributed by atoms with Gasteiger partial charge >= 0.3 is 0 Å². The first-order valence-corrected chi connectivity index (χ1v) is 11.0. The summed E-state index contributed by atoms with van der Waals surface area (Å²) in [5.74, 6) is 0.611. The van der Waals surface area contributed by atoms with Crippen molar-refractivity contribution in [2.24, 2.45) is 5.92 Å². The van der Waals surface area contributed by atoms with Crippen molar-refractivity contribution < 1.29 is 18.7 Å². The van der Waals surface area contributed by atoms with Gasteiger partial charge in [-0.15, -0.1) is 0 Å². The SMILES string of the molecule is O=C(NCc1ccco1)C1CCN(C(=O)COC(c2ccccc2)c2ccccc2)CC1. The molecule has 1 N–H and O–H groups in total. The molecule has 0 atom stereocenters. The average Bonchev–Trinajstić information content (AvgIpc) is 3.38. The Morgan fingerprint density at radius 3 is 2.12 bits per heavy atom. The van der Waals surface area contributed by atoms with Crippen LogP contribution in [-0.4, -0.2) is 36.4 Å². The third kappa shape index (κ3) is 5.65. The molecule has 0 aliphatic carbocycles. The second kappa shape index (κ2) is 10.8. The molecule has 0 bridgehead atoms. The number of benzene rings is 2. The van der Waals surface area contributed by atoms with E-state index < -0.39 is 0 Å². The van der Waals surface area contributed by atoms with E-state index in [1.54, 1.807) is 17.2 Å². The molecule has 1 aromatic heterocycles. The van der Waals surface area contributed by atoms with E-state index >= 15 is 0 Å². The van der Waals surface area contributed by atoms with Gasteiger partial charge in [0.2, 0.25) is 11.8 Å². The minimum absolute atomic E-state index is 0.00378. The van der Waals surface area contributed by atoms with E-state index in [0.29, 0.717) is 32.5 Å². The number of nitrogens with one attached hydrogen (secondary N) is 1. The molecular formula is C26H28N2O4. The molecule has 6 nitrogen and oxygen atoms in total. The van der Waals surface area contributed by atoms with E-state index in [0.717, 1.165) is 16.9 Å². The van der Waals surface area contributed by atoms with E-state index in [-0.39, 0.29) is 30.4 Å². The van der Waals surface area contributed by atoms with Crippen LogP contribution in [0.3, 0.4) is 0 Å². The first-order valence-electron chi connectivity index (χ1n) is 11.0. The van der Waals surface area contributed by atoms with Crippen molar-refractivity contribution in [3.05, 3.63) is 95.9 Å². The standard InChI is InChI=1S/C26H28N2O4/c29-24(19-32-25(20-8-3-1-4-9-20)21-10-5-2-6-11-21)28-15-13-22(14-16-28)26(30)27-18-23-12-7-17-31-23/h1-12,17,22,25H,13-16,18-19H2,(H,27,30). The van der Waals surface area contributed by atoms with Crippen molar-refractivity contribution in [3.63, 3.8) is 0 Å². The second-order valence-electron chi connectivity index (χ2n) is 7.96. The number of carbonyl (C=O) groups is 2. The quantitative estimate of drug-likeness (QED) is 0.585. The lowest BCUT2D eigenvalue weighted by Gasteiger charge is -2.31. The molecule has 2 amide bonds. The number of carbonyl (C=O) groups excluding carboxylic acids is 2. The number of likely N-dealkylation sites (tertiary alicyclic amines) is 1. The lowest BCUT2D eigenvalue weighted by Crippen LogP contribution is -2.44. The molecule has 2 aromatic carbocycles. The molecule has 166 valence electrons. The van der Waals surface area contributed by atoms with Gasteiger partial charge in [0.05, 0.1) is 12.8 Å². The van der Waals surface area contributed by atoms with E-state index in [1.165, 1.54) is 0 Å². The van der Waals surface area contributed by atoms with Gasteiger partial charge in [-0.05, 0) is 36.1 Å². The van der Waals surface area contributed by atoms with Crippen LogP contribution in [0, 0.1) is 5.92 Å². The third-order valence-corrected chi connectivity index (χ3v) is 5.81. The van der Waals surface area contributed by atoms with Gasteiger partial charge in [-0.1, -0.05) is 60.7 Å². The van der Waals surface area contributed by atoms with Gasteiger partial charge in [0, 0.05) is 19.0 Å². The van der Waals surface area contributed by atoms with Gasteiger partial charge < -0.3 is 19.4 Å². The highest BCUT2D eigenvalue weighted by Gasteiger charge is 2.28. The Labute approximate surface area is 188 Å². The first kappa shape index (κ1) is 21.8. The number of nitrogens with zero attached hydrogens (tertiary/aromatic N) is 1. The normalized spacial score (nSPS) is 14.5. The van der Waals surface area contributed by atoms with E-state index in [1.807, 2.05) is 66.7 Å². The van der Waals surface area contributed by atoms with Crippen LogP contribution >= 0.6 is 0 Å². The van der Waals surface area contributed by atoms with Crippen LogP contribution in [0.1, 0.15) is 35.8 Å². The highest BCUT2D eigenvalue weighted by molar-refractivity contribution is 5.80. The molecule has 1 aliphatic rings. The van der Waals surface area contributed by atoms with Gasteiger partial charge in [-0.25, -0.2) is 0 Å². The highest BCUT2D eigenvalue weighted by Crippen LogP contribution is 2.26. The fourth-order valence-corrected chi connectivity index (χ4v) is 4.01. The molecule has 4 rings (SSSR count). The van der Waals surface area contributed by atoms with Crippen LogP contribution in [0.5, 0.6) is 0 Å². The largest absolute Gasteiger partial charge is 0.467 e. The van der Waals surface area contributed by atoms with Gasteiger partial charge in [0.25, 0.3) is 0 Å². The maximum absolute atomic E-state index is 12.8. The van der Waals surface area contributed by atoms with Crippen molar-refractivity contribution in [2.75, 3.05) is 19.7 Å². The minimum atomic E-state index is -0.300. The van der Waals surface area contributed by atoms with Crippen molar-refractivity contribution >= 4 is 11.8 Å². The van der Waals surface area contributed by atoms with Crippen LogP contribution in [0.2, 0.25) is 0 Å². The zero-order valence-electron chi connectivity index (χ0n) is 18.0. The molecule has 2 heterocycles. The summed E-state index contributed by atoms with van der Waals surface area (Å²) in [5, 5.41) is 2.91. The van der Waals surface area contributed by atoms with E-state index in [4.69, 9.17) is 9.15 Å². The van der Waals surface area contributed by atoms with Crippen LogP contribution in [0.25, 0.3) is 0 Å². The predicted octanol–water partition coefficient (Wildman–Crippen LogP) is 3.94. The molecular weight excluding hydrogens is 404 g/mol. The lowest BCUT2D eigenvalue weighted by atomic mass is 9.96. The number of hydrogen-bond donors (Lipinski definition) is 1. The van der Waals surface area contributed by atoms with Crippen molar-refractivity contribution in [1.82, 2.24) is 10.2 Å². The fourth-order valence-electron chi connectivity index (χ4n) is 4.01. The molecule has 3 aromatic rings. The third-order valence-electron chi connectivity index (χ3n) is 5.81. The predicted molar refractivity (Wildman–Crippen MR) is 121 cm³/mol. The Hall–Kier alpha value is -3.38. The molecule has 0 saturated carbocycles. The van der Waals surface area contributed by atoms with Crippen LogP contribution < -0.4 is 5.32 Å². The summed E-state index contributed by atoms with van der Waals surface area (Å²) in [4.78, 5) is 27.0. The first-order chi connectivity index (χ1) is 15.7. The molecule has 1 aliphatic heterocycles. The molecule has 0 spiro atoms. The summed E-state index contributed by atoms with van der Waals surface area (Å²) in [7, 11) is 0. The summed E-state index contributed by atoms with van der Waals surface area (Å²) >= 11 is 0. The number of amides is 2. The summed E-state index contributed by atoms with van der Waals surface area (Å²) in [6.07, 6.45) is 2.59. The Kier molecular flexibility index (Phi) is 7.35. The maximum atomic E-state index is 12.8. The average molecular weight is 433 g/mol. The Balaban J connectivity index is 1.28.